The molecule has 23 heavy (non-hydrogen) atoms. The highest BCUT2D eigenvalue weighted by Gasteiger charge is 2.29. The second-order valence-corrected chi connectivity index (χ2v) is 7.29. The molecule has 0 spiro atoms. The standard InChI is InChI=1S/C16H22N4O2S/c1-11-18-14-15(22)12(10-13(21)16(14)23-11)17-4-3-5-20-8-6-19(2)7-9-20/h10,17H,3-9H2,1-2H3. The number of allylic oxidation sites excluding steroid dienone is 2. The van der Waals surface area contributed by atoms with Crippen molar-refractivity contribution in [3.05, 3.63) is 27.4 Å². The number of hydrogen-bond acceptors (Lipinski definition) is 7. The molecule has 0 radical (unpaired) electrons. The summed E-state index contributed by atoms with van der Waals surface area (Å²) in [7, 11) is 2.14. The number of ketones is 2. The first-order valence-corrected chi connectivity index (χ1v) is 8.79. The molecule has 2 heterocycles. The van der Waals surface area contributed by atoms with Gasteiger partial charge in [-0.2, -0.15) is 0 Å². The summed E-state index contributed by atoms with van der Waals surface area (Å²) in [5, 5.41) is 3.87. The normalized spacial score (nSPS) is 19.7. The molecule has 1 aromatic rings. The van der Waals surface area contributed by atoms with Crippen molar-refractivity contribution in [2.24, 2.45) is 0 Å². The molecule has 1 aliphatic heterocycles. The maximum atomic E-state index is 12.4. The first kappa shape index (κ1) is 16.3. The van der Waals surface area contributed by atoms with Crippen molar-refractivity contribution in [3.8, 4) is 0 Å². The predicted molar refractivity (Wildman–Crippen MR) is 90.2 cm³/mol. The zero-order chi connectivity index (χ0) is 16.4. The van der Waals surface area contributed by atoms with E-state index in [4.69, 9.17) is 0 Å². The Morgan fingerprint density at radius 2 is 2.00 bits per heavy atom. The van der Waals surface area contributed by atoms with Crippen molar-refractivity contribution in [1.82, 2.24) is 20.1 Å². The highest BCUT2D eigenvalue weighted by atomic mass is 32.1. The average molecular weight is 334 g/mol. The van der Waals surface area contributed by atoms with Crippen LogP contribution in [0, 0.1) is 6.92 Å². The summed E-state index contributed by atoms with van der Waals surface area (Å²) in [5.74, 6) is -0.282. The number of aromatic nitrogens is 1. The number of carbonyl (C=O) groups is 2. The number of rotatable bonds is 5. The molecule has 0 saturated carbocycles. The molecular formula is C16H22N4O2S. The summed E-state index contributed by atoms with van der Waals surface area (Å²) in [6, 6.07) is 0. The number of piperazine rings is 1. The smallest absolute Gasteiger partial charge is 0.228 e. The molecule has 0 amide bonds. The fourth-order valence-corrected chi connectivity index (χ4v) is 3.69. The topological polar surface area (TPSA) is 65.5 Å². The Kier molecular flexibility index (Phi) is 4.89. The first-order chi connectivity index (χ1) is 11.0. The molecule has 0 aromatic carbocycles. The molecule has 1 N–H and O–H groups in total. The molecule has 1 saturated heterocycles. The quantitative estimate of drug-likeness (QED) is 0.809. The van der Waals surface area contributed by atoms with Crippen LogP contribution in [0.3, 0.4) is 0 Å². The van der Waals surface area contributed by atoms with Gasteiger partial charge in [0.25, 0.3) is 0 Å². The SMILES string of the molecule is Cc1nc2c(s1)C(=O)C=C(NCCCN1CCN(C)CC1)C2=O. The Hall–Kier alpha value is -1.57. The molecule has 124 valence electrons. The van der Waals surface area contributed by atoms with Crippen molar-refractivity contribution >= 4 is 22.9 Å². The summed E-state index contributed by atoms with van der Waals surface area (Å²) >= 11 is 1.29. The molecule has 0 atom stereocenters. The summed E-state index contributed by atoms with van der Waals surface area (Å²) in [6.45, 7) is 7.92. The molecule has 6 nitrogen and oxygen atoms in total. The van der Waals surface area contributed by atoms with Gasteiger partial charge in [0.1, 0.15) is 10.6 Å². The largest absolute Gasteiger partial charge is 0.382 e. The van der Waals surface area contributed by atoms with Crippen LogP contribution in [0.25, 0.3) is 0 Å². The van der Waals surface area contributed by atoms with E-state index in [1.165, 1.54) is 17.4 Å². The third kappa shape index (κ3) is 3.68. The van der Waals surface area contributed by atoms with E-state index in [0.717, 1.165) is 44.2 Å². The maximum Gasteiger partial charge on any atom is 0.228 e. The fourth-order valence-electron chi connectivity index (χ4n) is 2.87. The van der Waals surface area contributed by atoms with Crippen molar-refractivity contribution in [1.29, 1.82) is 0 Å². The predicted octanol–water partition coefficient (Wildman–Crippen LogP) is 0.942. The van der Waals surface area contributed by atoms with Gasteiger partial charge in [-0.3, -0.25) is 9.59 Å². The number of aryl methyl sites for hydroxylation is 1. The first-order valence-electron chi connectivity index (χ1n) is 7.97. The van der Waals surface area contributed by atoms with E-state index in [9.17, 15) is 9.59 Å². The number of carbonyl (C=O) groups excluding carboxylic acids is 2. The third-order valence-electron chi connectivity index (χ3n) is 4.26. The Balaban J connectivity index is 1.49. The van der Waals surface area contributed by atoms with Gasteiger partial charge >= 0.3 is 0 Å². The average Bonchev–Trinajstić information content (AvgIpc) is 2.93. The number of thiazole rings is 1. The van der Waals surface area contributed by atoms with E-state index in [0.29, 0.717) is 22.8 Å². The Labute approximate surface area is 140 Å². The second kappa shape index (κ2) is 6.90. The van der Waals surface area contributed by atoms with Crippen LogP contribution in [0.1, 0.15) is 31.6 Å². The minimum Gasteiger partial charge on any atom is -0.382 e. The minimum absolute atomic E-state index is 0.119. The van der Waals surface area contributed by atoms with E-state index in [1.807, 2.05) is 6.92 Å². The van der Waals surface area contributed by atoms with E-state index in [-0.39, 0.29) is 11.6 Å². The Bertz CT molecular complexity index is 645. The van der Waals surface area contributed by atoms with Crippen LogP contribution in [0.5, 0.6) is 0 Å². The van der Waals surface area contributed by atoms with Crippen LogP contribution < -0.4 is 5.32 Å². The highest BCUT2D eigenvalue weighted by Crippen LogP contribution is 2.25. The van der Waals surface area contributed by atoms with Crippen LogP contribution in [-0.2, 0) is 0 Å². The van der Waals surface area contributed by atoms with Crippen molar-refractivity contribution in [3.63, 3.8) is 0 Å². The summed E-state index contributed by atoms with van der Waals surface area (Å²) in [5.41, 5.74) is 0.688. The molecule has 1 fully saturated rings. The summed E-state index contributed by atoms with van der Waals surface area (Å²) < 4.78 is 0. The van der Waals surface area contributed by atoms with Gasteiger partial charge in [-0.1, -0.05) is 0 Å². The van der Waals surface area contributed by atoms with Crippen LogP contribution in [-0.4, -0.2) is 72.7 Å². The van der Waals surface area contributed by atoms with Gasteiger partial charge in [0.2, 0.25) is 5.78 Å². The number of hydrogen-bond donors (Lipinski definition) is 1. The van der Waals surface area contributed by atoms with Gasteiger partial charge in [0.05, 0.1) is 10.7 Å². The summed E-state index contributed by atoms with van der Waals surface area (Å²) in [4.78, 5) is 33.8. The zero-order valence-electron chi connectivity index (χ0n) is 13.6. The molecule has 7 heteroatoms. The van der Waals surface area contributed by atoms with Gasteiger partial charge in [-0.05, 0) is 26.9 Å². The van der Waals surface area contributed by atoms with E-state index < -0.39 is 0 Å². The zero-order valence-corrected chi connectivity index (χ0v) is 14.4. The van der Waals surface area contributed by atoms with E-state index in [2.05, 4.69) is 27.1 Å². The van der Waals surface area contributed by atoms with Crippen LogP contribution in [0.4, 0.5) is 0 Å². The molecule has 0 bridgehead atoms. The monoisotopic (exact) mass is 334 g/mol. The van der Waals surface area contributed by atoms with Gasteiger partial charge < -0.3 is 15.1 Å². The lowest BCUT2D eigenvalue weighted by molar-refractivity contribution is 0.0977. The number of nitrogens with zero attached hydrogens (tertiary/aromatic N) is 3. The van der Waals surface area contributed by atoms with Crippen LogP contribution in [0.15, 0.2) is 11.8 Å². The van der Waals surface area contributed by atoms with Crippen LogP contribution in [0.2, 0.25) is 0 Å². The van der Waals surface area contributed by atoms with Gasteiger partial charge in [0, 0.05) is 38.8 Å². The number of likely N-dealkylation sites (N-methyl/N-ethyl adjacent to an activating group) is 1. The Morgan fingerprint density at radius 1 is 1.26 bits per heavy atom. The number of Topliss-reactive ketones (excluding diaryl/α,β-unsaturated/α-hetero) is 1. The maximum absolute atomic E-state index is 12.4. The Morgan fingerprint density at radius 3 is 2.74 bits per heavy atom. The molecule has 3 rings (SSSR count). The van der Waals surface area contributed by atoms with Gasteiger partial charge in [0.15, 0.2) is 5.78 Å². The molecule has 1 aromatic heterocycles. The molecule has 1 aliphatic carbocycles. The second-order valence-electron chi connectivity index (χ2n) is 6.09. The van der Waals surface area contributed by atoms with Crippen molar-refractivity contribution in [2.45, 2.75) is 13.3 Å². The third-order valence-corrected chi connectivity index (χ3v) is 5.24. The van der Waals surface area contributed by atoms with Crippen molar-refractivity contribution < 1.29 is 9.59 Å². The fraction of sp³-hybridized carbons (Fsp3) is 0.562. The van der Waals surface area contributed by atoms with Crippen LogP contribution >= 0.6 is 11.3 Å². The highest BCUT2D eigenvalue weighted by molar-refractivity contribution is 7.14. The number of fused-ring (bicyclic) bond motifs is 1. The lowest BCUT2D eigenvalue weighted by Crippen LogP contribution is -2.45. The minimum atomic E-state index is -0.163. The summed E-state index contributed by atoms with van der Waals surface area (Å²) in [6.07, 6.45) is 2.36. The molecule has 0 unspecified atom stereocenters. The lowest BCUT2D eigenvalue weighted by atomic mass is 10.0. The van der Waals surface area contributed by atoms with Gasteiger partial charge in [-0.25, -0.2) is 4.98 Å². The van der Waals surface area contributed by atoms with Crippen molar-refractivity contribution in [2.75, 3.05) is 46.3 Å². The molecule has 2 aliphatic rings. The molecular weight excluding hydrogens is 312 g/mol. The van der Waals surface area contributed by atoms with E-state index in [1.54, 1.807) is 0 Å². The number of nitrogens with one attached hydrogen (secondary N) is 1. The van der Waals surface area contributed by atoms with Gasteiger partial charge in [-0.15, -0.1) is 11.3 Å². The lowest BCUT2D eigenvalue weighted by Gasteiger charge is -2.32. The van der Waals surface area contributed by atoms with E-state index >= 15 is 0 Å².